The Balaban J connectivity index is 1.46. The van der Waals surface area contributed by atoms with Crippen LogP contribution in [0.4, 0.5) is 21.9 Å². The number of likely N-dealkylation sites (tertiary alicyclic amines) is 1. The first-order valence-electron chi connectivity index (χ1n) is 12.3. The van der Waals surface area contributed by atoms with Crippen molar-refractivity contribution in [3.8, 4) is 5.75 Å². The molecule has 5 rings (SSSR count). The van der Waals surface area contributed by atoms with Crippen LogP contribution in [0.1, 0.15) is 41.9 Å². The van der Waals surface area contributed by atoms with Crippen molar-refractivity contribution >= 4 is 56.5 Å². The predicted octanol–water partition coefficient (Wildman–Crippen LogP) is 4.98. The SMILES string of the molecule is C=CC(=O)N1CCC[C@@H](NC(=O)c2sc3nccc4c3c2NC(=O)N4c2ccc(OC(C)C)c(C)c2)C1. The van der Waals surface area contributed by atoms with Crippen molar-refractivity contribution in [3.63, 3.8) is 0 Å². The van der Waals surface area contributed by atoms with E-state index in [4.69, 9.17) is 4.74 Å². The minimum Gasteiger partial charge on any atom is -0.491 e. The van der Waals surface area contributed by atoms with E-state index in [1.54, 1.807) is 22.1 Å². The average Bonchev–Trinajstić information content (AvgIpc) is 3.24. The van der Waals surface area contributed by atoms with E-state index < -0.39 is 0 Å². The van der Waals surface area contributed by atoms with Crippen LogP contribution < -0.4 is 20.3 Å². The van der Waals surface area contributed by atoms with E-state index in [9.17, 15) is 14.4 Å². The number of hydrogen-bond donors (Lipinski definition) is 2. The van der Waals surface area contributed by atoms with Gasteiger partial charge < -0.3 is 20.3 Å². The summed E-state index contributed by atoms with van der Waals surface area (Å²) in [6.07, 6.45) is 4.54. The van der Waals surface area contributed by atoms with Crippen LogP contribution in [0.25, 0.3) is 10.2 Å². The number of carbonyl (C=O) groups is 3. The topological polar surface area (TPSA) is 104 Å². The van der Waals surface area contributed by atoms with Gasteiger partial charge in [-0.25, -0.2) is 9.78 Å². The third-order valence-electron chi connectivity index (χ3n) is 6.47. The summed E-state index contributed by atoms with van der Waals surface area (Å²) in [5, 5.41) is 6.70. The number of thiophene rings is 1. The largest absolute Gasteiger partial charge is 0.491 e. The normalized spacial score (nSPS) is 17.1. The van der Waals surface area contributed by atoms with Crippen LogP contribution in [0.5, 0.6) is 5.75 Å². The number of nitrogens with one attached hydrogen (secondary N) is 2. The molecule has 0 radical (unpaired) electrons. The standard InChI is InChI=1S/C27H29N5O4S/c1-5-21(33)31-12-6-7-17(14-31)29-25(34)24-23-22-19(10-11-28-26(22)37-24)32(27(35)30-23)18-8-9-20(16(4)13-18)36-15(2)3/h5,8-11,13,15,17H,1,6-7,12,14H2,2-4H3,(H,29,34)(H,30,35)/t17-/m1/s1. The summed E-state index contributed by atoms with van der Waals surface area (Å²) in [6, 6.07) is 6.87. The predicted molar refractivity (Wildman–Crippen MR) is 145 cm³/mol. The fraction of sp³-hybridized carbons (Fsp3) is 0.333. The summed E-state index contributed by atoms with van der Waals surface area (Å²) in [7, 11) is 0. The molecule has 0 bridgehead atoms. The quantitative estimate of drug-likeness (QED) is 0.447. The van der Waals surface area contributed by atoms with Crippen LogP contribution in [0.15, 0.2) is 43.1 Å². The van der Waals surface area contributed by atoms with Gasteiger partial charge in [-0.3, -0.25) is 14.5 Å². The minimum atomic E-state index is -0.357. The van der Waals surface area contributed by atoms with Crippen molar-refractivity contribution in [1.82, 2.24) is 15.2 Å². The van der Waals surface area contributed by atoms with Gasteiger partial charge in [0, 0.05) is 25.3 Å². The van der Waals surface area contributed by atoms with Crippen molar-refractivity contribution in [2.75, 3.05) is 23.3 Å². The summed E-state index contributed by atoms with van der Waals surface area (Å²) in [6.45, 7) is 10.5. The molecule has 1 fully saturated rings. The molecular formula is C27H29N5O4S. The molecule has 1 saturated heterocycles. The van der Waals surface area contributed by atoms with Gasteiger partial charge in [0.05, 0.1) is 28.6 Å². The molecule has 1 aromatic carbocycles. The Hall–Kier alpha value is -3.92. The van der Waals surface area contributed by atoms with E-state index in [-0.39, 0.29) is 30.0 Å². The highest BCUT2D eigenvalue weighted by Crippen LogP contribution is 2.46. The lowest BCUT2D eigenvalue weighted by Gasteiger charge is -2.32. The van der Waals surface area contributed by atoms with Crippen molar-refractivity contribution < 1.29 is 19.1 Å². The smallest absolute Gasteiger partial charge is 0.331 e. The van der Waals surface area contributed by atoms with Crippen LogP contribution in [-0.2, 0) is 4.79 Å². The fourth-order valence-electron chi connectivity index (χ4n) is 4.83. The molecule has 0 unspecified atom stereocenters. The third kappa shape index (κ3) is 4.64. The van der Waals surface area contributed by atoms with Gasteiger partial charge in [-0.1, -0.05) is 6.58 Å². The average molecular weight is 520 g/mol. The number of aromatic nitrogens is 1. The van der Waals surface area contributed by atoms with Gasteiger partial charge in [0.1, 0.15) is 15.5 Å². The van der Waals surface area contributed by atoms with E-state index in [1.807, 2.05) is 39.0 Å². The first kappa shape index (κ1) is 24.8. The van der Waals surface area contributed by atoms with Crippen molar-refractivity contribution in [2.45, 2.75) is 45.8 Å². The van der Waals surface area contributed by atoms with E-state index in [0.29, 0.717) is 39.9 Å². The number of pyridine rings is 1. The number of amides is 4. The highest BCUT2D eigenvalue weighted by atomic mass is 32.1. The Labute approximate surface area is 219 Å². The van der Waals surface area contributed by atoms with Crippen molar-refractivity contribution in [2.24, 2.45) is 0 Å². The lowest BCUT2D eigenvalue weighted by atomic mass is 10.1. The number of rotatable bonds is 6. The molecule has 3 aromatic rings. The zero-order valence-corrected chi connectivity index (χ0v) is 21.9. The Bertz CT molecular complexity index is 1420. The summed E-state index contributed by atoms with van der Waals surface area (Å²) in [5.41, 5.74) is 2.73. The summed E-state index contributed by atoms with van der Waals surface area (Å²) in [4.78, 5) is 47.6. The minimum absolute atomic E-state index is 0.0414. The number of piperidine rings is 1. The van der Waals surface area contributed by atoms with Gasteiger partial charge in [-0.15, -0.1) is 11.3 Å². The van der Waals surface area contributed by atoms with Gasteiger partial charge >= 0.3 is 6.03 Å². The molecule has 1 atom stereocenters. The molecule has 192 valence electrons. The van der Waals surface area contributed by atoms with E-state index in [0.717, 1.165) is 29.5 Å². The van der Waals surface area contributed by atoms with Gasteiger partial charge in [0.15, 0.2) is 0 Å². The molecule has 2 aliphatic heterocycles. The first-order chi connectivity index (χ1) is 17.8. The molecule has 0 spiro atoms. The van der Waals surface area contributed by atoms with Crippen LogP contribution in [0.2, 0.25) is 0 Å². The Morgan fingerprint density at radius 3 is 2.86 bits per heavy atom. The van der Waals surface area contributed by atoms with E-state index >= 15 is 0 Å². The second kappa shape index (κ2) is 9.85. The molecule has 2 N–H and O–H groups in total. The Morgan fingerprint density at radius 1 is 1.32 bits per heavy atom. The zero-order valence-electron chi connectivity index (χ0n) is 21.0. The molecule has 2 aromatic heterocycles. The van der Waals surface area contributed by atoms with E-state index in [1.165, 1.54) is 17.4 Å². The number of hydrogen-bond acceptors (Lipinski definition) is 6. The molecule has 37 heavy (non-hydrogen) atoms. The molecular weight excluding hydrogens is 490 g/mol. The maximum absolute atomic E-state index is 13.4. The molecule has 2 aliphatic rings. The second-order valence-electron chi connectivity index (χ2n) is 9.50. The Morgan fingerprint density at radius 2 is 2.14 bits per heavy atom. The van der Waals surface area contributed by atoms with Crippen LogP contribution in [0, 0.1) is 6.92 Å². The number of benzene rings is 1. The van der Waals surface area contributed by atoms with Gasteiger partial charge in [0.2, 0.25) is 5.91 Å². The molecule has 0 aliphatic carbocycles. The van der Waals surface area contributed by atoms with Crippen molar-refractivity contribution in [3.05, 3.63) is 53.6 Å². The lowest BCUT2D eigenvalue weighted by Crippen LogP contribution is -2.49. The van der Waals surface area contributed by atoms with Crippen LogP contribution in [0.3, 0.4) is 0 Å². The number of nitrogens with zero attached hydrogens (tertiary/aromatic N) is 3. The lowest BCUT2D eigenvalue weighted by molar-refractivity contribution is -0.127. The fourth-order valence-corrected chi connectivity index (χ4v) is 5.86. The van der Waals surface area contributed by atoms with E-state index in [2.05, 4.69) is 22.2 Å². The number of urea groups is 1. The maximum Gasteiger partial charge on any atom is 0.331 e. The second-order valence-corrected chi connectivity index (χ2v) is 10.5. The number of aryl methyl sites for hydroxylation is 1. The summed E-state index contributed by atoms with van der Waals surface area (Å²) in [5.74, 6) is 0.333. The number of carbonyl (C=O) groups excluding carboxylic acids is 3. The summed E-state index contributed by atoms with van der Waals surface area (Å²) >= 11 is 1.24. The highest BCUT2D eigenvalue weighted by Gasteiger charge is 2.34. The molecule has 9 nitrogen and oxygen atoms in total. The maximum atomic E-state index is 13.4. The van der Waals surface area contributed by atoms with Gasteiger partial charge in [-0.2, -0.15) is 0 Å². The van der Waals surface area contributed by atoms with Gasteiger partial charge in [0.25, 0.3) is 5.91 Å². The molecule has 4 amide bonds. The molecule has 0 saturated carbocycles. The molecule has 4 heterocycles. The zero-order chi connectivity index (χ0) is 26.3. The number of ether oxygens (including phenoxy) is 1. The van der Waals surface area contributed by atoms with Crippen LogP contribution >= 0.6 is 11.3 Å². The van der Waals surface area contributed by atoms with Gasteiger partial charge in [-0.05, 0) is 69.5 Å². The highest BCUT2D eigenvalue weighted by molar-refractivity contribution is 7.21. The first-order valence-corrected chi connectivity index (χ1v) is 13.1. The third-order valence-corrected chi connectivity index (χ3v) is 7.57. The Kier molecular flexibility index (Phi) is 6.59. The number of anilines is 3. The van der Waals surface area contributed by atoms with Crippen molar-refractivity contribution in [1.29, 1.82) is 0 Å². The van der Waals surface area contributed by atoms with Crippen LogP contribution in [-0.4, -0.2) is 53.0 Å². The monoisotopic (exact) mass is 519 g/mol. The summed E-state index contributed by atoms with van der Waals surface area (Å²) < 4.78 is 5.85. The molecule has 10 heteroatoms.